The first kappa shape index (κ1) is 25.6. The van der Waals surface area contributed by atoms with Gasteiger partial charge in [-0.3, -0.25) is 9.88 Å². The first-order valence-corrected chi connectivity index (χ1v) is 14.2. The largest absolute Gasteiger partial charge is 0.377 e. The van der Waals surface area contributed by atoms with Crippen molar-refractivity contribution in [2.24, 2.45) is 0 Å². The van der Waals surface area contributed by atoms with Gasteiger partial charge in [0.2, 0.25) is 5.65 Å². The number of anilines is 2. The second-order valence-electron chi connectivity index (χ2n) is 10.7. The summed E-state index contributed by atoms with van der Waals surface area (Å²) in [5.74, 6) is 1.60. The van der Waals surface area contributed by atoms with Crippen LogP contribution >= 0.6 is 0 Å². The number of hydrogen-bond donors (Lipinski definition) is 0. The highest BCUT2D eigenvalue weighted by atomic mass is 16.5. The molecule has 2 fully saturated rings. The molecule has 2 unspecified atom stereocenters. The van der Waals surface area contributed by atoms with Crippen LogP contribution in [-0.2, 0) is 11.3 Å². The summed E-state index contributed by atoms with van der Waals surface area (Å²) in [5.41, 5.74) is 4.53. The molecule has 5 aromatic heterocycles. The number of piperazine rings is 1. The summed E-state index contributed by atoms with van der Waals surface area (Å²) in [6.07, 6.45) is 3.72. The Morgan fingerprint density at radius 3 is 2.60 bits per heavy atom. The molecule has 2 aliphatic rings. The fourth-order valence-electron chi connectivity index (χ4n) is 6.02. The SMILES string of the molecule is c1ccc(C2COCCN2c2cc(C3CN(c4ccc5nnnn5n4)CCN3Cc3cccnc3)c3nnnn3n2)cc1. The molecule has 2 saturated heterocycles. The molecule has 1 aromatic carbocycles. The summed E-state index contributed by atoms with van der Waals surface area (Å²) >= 11 is 0. The third-order valence-corrected chi connectivity index (χ3v) is 8.14. The second-order valence-corrected chi connectivity index (χ2v) is 10.7. The molecule has 0 aliphatic carbocycles. The first-order valence-electron chi connectivity index (χ1n) is 14.2. The number of pyridine rings is 1. The van der Waals surface area contributed by atoms with Gasteiger partial charge in [0, 0.05) is 50.7 Å². The predicted molar refractivity (Wildman–Crippen MR) is 154 cm³/mol. The van der Waals surface area contributed by atoms with E-state index in [4.69, 9.17) is 9.84 Å². The van der Waals surface area contributed by atoms with E-state index in [0.717, 1.165) is 42.4 Å². The zero-order chi connectivity index (χ0) is 28.6. The highest BCUT2D eigenvalue weighted by molar-refractivity contribution is 5.56. The minimum Gasteiger partial charge on any atom is -0.377 e. The highest BCUT2D eigenvalue weighted by Gasteiger charge is 2.34. The zero-order valence-electron chi connectivity index (χ0n) is 23.2. The maximum atomic E-state index is 5.92. The lowest BCUT2D eigenvalue weighted by Gasteiger charge is -2.42. The van der Waals surface area contributed by atoms with Crippen molar-refractivity contribution in [3.05, 3.63) is 89.7 Å². The van der Waals surface area contributed by atoms with E-state index in [9.17, 15) is 0 Å². The molecule has 2 atom stereocenters. The molecule has 0 N–H and O–H groups in total. The van der Waals surface area contributed by atoms with E-state index in [2.05, 4.69) is 92.2 Å². The lowest BCUT2D eigenvalue weighted by atomic mass is 10.0. The summed E-state index contributed by atoms with van der Waals surface area (Å²) in [5, 5.41) is 34.0. The molecule has 15 nitrogen and oxygen atoms in total. The minimum atomic E-state index is -0.0770. The molecule has 8 rings (SSSR count). The highest BCUT2D eigenvalue weighted by Crippen LogP contribution is 2.35. The van der Waals surface area contributed by atoms with E-state index in [1.165, 1.54) is 10.2 Å². The molecule has 2 aliphatic heterocycles. The van der Waals surface area contributed by atoms with Crippen molar-refractivity contribution in [1.29, 1.82) is 0 Å². The molecule has 6 aromatic rings. The topological polar surface area (TPSA) is 144 Å². The number of fused-ring (bicyclic) bond motifs is 2. The van der Waals surface area contributed by atoms with Crippen molar-refractivity contribution >= 4 is 22.9 Å². The maximum Gasteiger partial charge on any atom is 0.204 e. The Morgan fingerprint density at radius 1 is 0.814 bits per heavy atom. The Hall–Kier alpha value is -5.15. The summed E-state index contributed by atoms with van der Waals surface area (Å²) < 4.78 is 8.93. The molecular weight excluding hydrogens is 548 g/mol. The number of hydrogen-bond acceptors (Lipinski definition) is 13. The van der Waals surface area contributed by atoms with Crippen molar-refractivity contribution in [1.82, 2.24) is 60.4 Å². The molecule has 0 spiro atoms. The van der Waals surface area contributed by atoms with Crippen molar-refractivity contribution < 1.29 is 4.74 Å². The standard InChI is InChI=1S/C28H28N14O/c1-2-6-21(7-3-1)24-19-43-14-13-40(24)27-15-22(28-31-35-37-42(28)33-27)23-18-39(26-9-8-25-30-34-36-41(25)32-26)12-11-38(23)17-20-5-4-10-29-16-20/h1-10,15-16,23-24H,11-14,17-19H2. The monoisotopic (exact) mass is 576 g/mol. The Kier molecular flexibility index (Phi) is 6.49. The second kappa shape index (κ2) is 10.9. The number of ether oxygens (including phenoxy) is 1. The van der Waals surface area contributed by atoms with E-state index < -0.39 is 0 Å². The van der Waals surface area contributed by atoms with Crippen LogP contribution < -0.4 is 9.80 Å². The van der Waals surface area contributed by atoms with Crippen molar-refractivity contribution in [3.8, 4) is 0 Å². The Labute approximate surface area is 245 Å². The van der Waals surface area contributed by atoms with Crippen LogP contribution in [0.1, 0.15) is 28.8 Å². The van der Waals surface area contributed by atoms with E-state index in [0.29, 0.717) is 37.6 Å². The average molecular weight is 577 g/mol. The van der Waals surface area contributed by atoms with Crippen LogP contribution in [-0.4, -0.2) is 99.8 Å². The summed E-state index contributed by atoms with van der Waals surface area (Å²) in [4.78, 5) is 11.4. The Bertz CT molecular complexity index is 1840. The van der Waals surface area contributed by atoms with E-state index in [-0.39, 0.29) is 12.1 Å². The summed E-state index contributed by atoms with van der Waals surface area (Å²) in [6.45, 7) is 4.82. The fourth-order valence-corrected chi connectivity index (χ4v) is 6.02. The number of aromatic nitrogens is 11. The molecule has 0 amide bonds. The van der Waals surface area contributed by atoms with Crippen LogP contribution in [0.5, 0.6) is 0 Å². The Morgan fingerprint density at radius 2 is 1.70 bits per heavy atom. The molecule has 7 heterocycles. The van der Waals surface area contributed by atoms with Gasteiger partial charge < -0.3 is 14.5 Å². The predicted octanol–water partition coefficient (Wildman–Crippen LogP) is 1.39. The normalized spacial score (nSPS) is 19.8. The van der Waals surface area contributed by atoms with Crippen molar-refractivity contribution in [3.63, 3.8) is 0 Å². The zero-order valence-corrected chi connectivity index (χ0v) is 23.2. The van der Waals surface area contributed by atoms with Crippen LogP contribution in [0.4, 0.5) is 11.6 Å². The molecule has 0 radical (unpaired) electrons. The minimum absolute atomic E-state index is 0.0193. The molecular formula is C28H28N14O. The van der Waals surface area contributed by atoms with Crippen molar-refractivity contribution in [2.45, 2.75) is 18.6 Å². The van der Waals surface area contributed by atoms with Gasteiger partial charge in [-0.05, 0) is 56.2 Å². The van der Waals surface area contributed by atoms with E-state index in [1.807, 2.05) is 30.5 Å². The van der Waals surface area contributed by atoms with E-state index in [1.54, 1.807) is 10.8 Å². The number of nitrogens with zero attached hydrogens (tertiary/aromatic N) is 14. The van der Waals surface area contributed by atoms with Gasteiger partial charge in [-0.25, -0.2) is 0 Å². The molecule has 0 bridgehead atoms. The van der Waals surface area contributed by atoms with E-state index >= 15 is 0 Å². The van der Waals surface area contributed by atoms with Gasteiger partial charge in [-0.2, -0.15) is 0 Å². The van der Waals surface area contributed by atoms with Crippen LogP contribution in [0, 0.1) is 0 Å². The van der Waals surface area contributed by atoms with Crippen LogP contribution in [0.2, 0.25) is 0 Å². The van der Waals surface area contributed by atoms with Crippen LogP contribution in [0.3, 0.4) is 0 Å². The van der Waals surface area contributed by atoms with Crippen LogP contribution in [0.25, 0.3) is 11.3 Å². The van der Waals surface area contributed by atoms with Gasteiger partial charge in [0.15, 0.2) is 17.3 Å². The molecule has 15 heteroatoms. The van der Waals surface area contributed by atoms with Crippen molar-refractivity contribution in [2.75, 3.05) is 49.2 Å². The molecule has 0 saturated carbocycles. The quantitative estimate of drug-likeness (QED) is 0.282. The van der Waals surface area contributed by atoms with Gasteiger partial charge in [-0.1, -0.05) is 36.4 Å². The van der Waals surface area contributed by atoms with Gasteiger partial charge in [-0.15, -0.1) is 29.7 Å². The fraction of sp³-hybridized carbons (Fsp3) is 0.321. The third-order valence-electron chi connectivity index (χ3n) is 8.14. The third kappa shape index (κ3) is 4.87. The number of morpholine rings is 1. The molecule has 43 heavy (non-hydrogen) atoms. The van der Waals surface area contributed by atoms with Gasteiger partial charge >= 0.3 is 0 Å². The van der Waals surface area contributed by atoms with Gasteiger partial charge in [0.05, 0.1) is 25.3 Å². The Balaban J connectivity index is 1.20. The summed E-state index contributed by atoms with van der Waals surface area (Å²) in [6, 6.07) is 20.4. The lowest BCUT2D eigenvalue weighted by Crippen LogP contribution is -2.48. The first-order chi connectivity index (χ1) is 21.3. The maximum absolute atomic E-state index is 5.92. The van der Waals surface area contributed by atoms with Crippen LogP contribution in [0.15, 0.2) is 73.1 Å². The summed E-state index contributed by atoms with van der Waals surface area (Å²) in [7, 11) is 0. The number of tetrazole rings is 2. The number of benzene rings is 1. The molecule has 216 valence electrons. The smallest absolute Gasteiger partial charge is 0.204 e. The lowest BCUT2D eigenvalue weighted by molar-refractivity contribution is 0.0935. The number of rotatable bonds is 6. The average Bonchev–Trinajstić information content (AvgIpc) is 3.75. The van der Waals surface area contributed by atoms with Gasteiger partial charge in [0.25, 0.3) is 0 Å². The van der Waals surface area contributed by atoms with Gasteiger partial charge in [0.1, 0.15) is 0 Å².